The van der Waals surface area contributed by atoms with Gasteiger partial charge in [0.15, 0.2) is 16.6 Å². The van der Waals surface area contributed by atoms with Crippen molar-refractivity contribution in [3.8, 4) is 11.8 Å². The maximum Gasteiger partial charge on any atom is 0.192 e. The van der Waals surface area contributed by atoms with Crippen LogP contribution in [0.25, 0.3) is 0 Å². The van der Waals surface area contributed by atoms with Crippen molar-refractivity contribution in [3.05, 3.63) is 60.7 Å². The highest BCUT2D eigenvalue weighted by molar-refractivity contribution is 6.74. The molecule has 6 atom stereocenters. The normalized spacial score (nSPS) is 34.8. The van der Waals surface area contributed by atoms with Crippen LogP contribution in [0.4, 0.5) is 0 Å². The first kappa shape index (κ1) is 29.6. The Morgan fingerprint density at radius 3 is 2.42 bits per heavy atom. The summed E-state index contributed by atoms with van der Waals surface area (Å²) in [6.45, 7) is 25.7. The van der Waals surface area contributed by atoms with Crippen LogP contribution in [0, 0.1) is 29.6 Å². The molecule has 3 nitrogen and oxygen atoms in total. The topological polar surface area (TPSA) is 27.7 Å². The van der Waals surface area contributed by atoms with Gasteiger partial charge < -0.3 is 13.6 Å². The molecule has 0 radical (unpaired) electrons. The van der Waals surface area contributed by atoms with Gasteiger partial charge in [0, 0.05) is 23.8 Å². The number of rotatable bonds is 7. The van der Waals surface area contributed by atoms with Gasteiger partial charge in [0.1, 0.15) is 5.60 Å². The van der Waals surface area contributed by atoms with Gasteiger partial charge in [-0.3, -0.25) is 0 Å². The molecule has 0 unspecified atom stereocenters. The summed E-state index contributed by atoms with van der Waals surface area (Å²) in [5.41, 5.74) is -0.369. The van der Waals surface area contributed by atoms with Gasteiger partial charge >= 0.3 is 0 Å². The highest BCUT2D eigenvalue weighted by atomic mass is 28.4. The van der Waals surface area contributed by atoms with Crippen LogP contribution in [0.3, 0.4) is 0 Å². The quantitative estimate of drug-likeness (QED) is 0.194. The van der Waals surface area contributed by atoms with E-state index in [2.05, 4.69) is 121 Å². The second-order valence-electron chi connectivity index (χ2n) is 14.5. The lowest BCUT2D eigenvalue weighted by atomic mass is 9.60. The zero-order chi connectivity index (χ0) is 28.0. The van der Waals surface area contributed by atoms with Crippen LogP contribution in [-0.4, -0.2) is 40.0 Å². The summed E-state index contributed by atoms with van der Waals surface area (Å²) in [5, 5.41) is 0.138. The maximum absolute atomic E-state index is 7.45. The second kappa shape index (κ2) is 10.2. The van der Waals surface area contributed by atoms with E-state index in [0.29, 0.717) is 18.4 Å². The summed E-state index contributed by atoms with van der Waals surface area (Å²) in [6, 6.07) is 10.3. The monoisotopic (exact) mass is 550 g/mol. The van der Waals surface area contributed by atoms with E-state index < -0.39 is 27.8 Å². The number of fused-ring (bicyclic) bond motifs is 1. The summed E-state index contributed by atoms with van der Waals surface area (Å²) in [6.07, 6.45) is 10.4. The van der Waals surface area contributed by atoms with Crippen molar-refractivity contribution >= 4 is 16.6 Å². The first-order valence-corrected chi connectivity index (χ1v) is 20.8. The van der Waals surface area contributed by atoms with E-state index in [9.17, 15) is 0 Å². The van der Waals surface area contributed by atoms with Crippen molar-refractivity contribution < 1.29 is 13.6 Å². The molecule has 2 heterocycles. The summed E-state index contributed by atoms with van der Waals surface area (Å²) < 4.78 is 21.7. The van der Waals surface area contributed by atoms with E-state index in [1.807, 2.05) is 6.07 Å². The minimum atomic E-state index is -2.00. The van der Waals surface area contributed by atoms with Crippen molar-refractivity contribution in [2.75, 3.05) is 6.61 Å². The van der Waals surface area contributed by atoms with E-state index in [0.717, 1.165) is 31.2 Å². The van der Waals surface area contributed by atoms with Crippen molar-refractivity contribution in [2.45, 2.75) is 108 Å². The van der Waals surface area contributed by atoms with Gasteiger partial charge in [0.05, 0.1) is 17.8 Å². The minimum Gasteiger partial charge on any atom is -0.414 e. The summed E-state index contributed by atoms with van der Waals surface area (Å²) in [5.74, 6) is 8.16. The first-order valence-electron chi connectivity index (χ1n) is 14.5. The van der Waals surface area contributed by atoms with Crippen LogP contribution < -0.4 is 0 Å². The molecule has 208 valence electrons. The SMILES string of the molecule is C=CC[C@H]1[C@]23O[C@@](CO[Si](C)(C)C(C)(C)C)(C[C@H]2C=CC[C@H]3C)C[C@@]1(C#Cc1ccccc1)O[Si](C)(C)C. The van der Waals surface area contributed by atoms with Gasteiger partial charge in [-0.2, -0.15) is 0 Å². The Morgan fingerprint density at radius 1 is 1.13 bits per heavy atom. The van der Waals surface area contributed by atoms with E-state index in [4.69, 9.17) is 13.6 Å². The molecule has 2 saturated heterocycles. The highest BCUT2D eigenvalue weighted by Crippen LogP contribution is 2.64. The van der Waals surface area contributed by atoms with Crippen molar-refractivity contribution in [2.24, 2.45) is 17.8 Å². The fraction of sp³-hybridized carbons (Fsp3) is 0.636. The zero-order valence-corrected chi connectivity index (χ0v) is 27.3. The number of benzene rings is 1. The van der Waals surface area contributed by atoms with Crippen LogP contribution in [-0.2, 0) is 13.6 Å². The lowest BCUT2D eigenvalue weighted by Gasteiger charge is -2.59. The Morgan fingerprint density at radius 2 is 1.82 bits per heavy atom. The van der Waals surface area contributed by atoms with Crippen molar-refractivity contribution in [1.29, 1.82) is 0 Å². The maximum atomic E-state index is 7.45. The van der Waals surface area contributed by atoms with Gasteiger partial charge in [-0.25, -0.2) is 0 Å². The van der Waals surface area contributed by atoms with Gasteiger partial charge in [-0.05, 0) is 75.1 Å². The van der Waals surface area contributed by atoms with Gasteiger partial charge in [-0.15, -0.1) is 6.58 Å². The molecule has 5 heteroatoms. The molecule has 1 spiro atoms. The summed E-state index contributed by atoms with van der Waals surface area (Å²) >= 11 is 0. The van der Waals surface area contributed by atoms with Crippen molar-refractivity contribution in [1.82, 2.24) is 0 Å². The molecule has 1 aliphatic carbocycles. The Bertz CT molecular complexity index is 1100. The second-order valence-corrected chi connectivity index (χ2v) is 23.8. The molecule has 4 rings (SSSR count). The van der Waals surface area contributed by atoms with E-state index in [1.54, 1.807) is 0 Å². The molecule has 0 N–H and O–H groups in total. The van der Waals surface area contributed by atoms with Gasteiger partial charge in [0.25, 0.3) is 0 Å². The number of ether oxygens (including phenoxy) is 1. The number of hydrogen-bond acceptors (Lipinski definition) is 3. The average molecular weight is 551 g/mol. The molecule has 0 aromatic heterocycles. The van der Waals surface area contributed by atoms with E-state index in [-0.39, 0.29) is 16.6 Å². The molecular formula is C33H50O3Si2. The molecule has 1 aromatic carbocycles. The van der Waals surface area contributed by atoms with E-state index >= 15 is 0 Å². The van der Waals surface area contributed by atoms with E-state index in [1.165, 1.54) is 0 Å². The van der Waals surface area contributed by atoms with Crippen LogP contribution >= 0.6 is 0 Å². The predicted octanol–water partition coefficient (Wildman–Crippen LogP) is 8.36. The first-order chi connectivity index (χ1) is 17.6. The van der Waals surface area contributed by atoms with Gasteiger partial charge in [-0.1, -0.05) is 76.0 Å². The third-order valence-corrected chi connectivity index (χ3v) is 14.9. The lowest BCUT2D eigenvalue weighted by Crippen LogP contribution is -2.67. The van der Waals surface area contributed by atoms with Gasteiger partial charge in [0.2, 0.25) is 0 Å². The molecular weight excluding hydrogens is 501 g/mol. The smallest absolute Gasteiger partial charge is 0.192 e. The molecule has 1 aromatic rings. The average Bonchev–Trinajstić information content (AvgIpc) is 3.10. The Balaban J connectivity index is 1.89. The number of allylic oxidation sites excluding steroid dienone is 2. The molecule has 2 bridgehead atoms. The van der Waals surface area contributed by atoms with Crippen molar-refractivity contribution in [3.63, 3.8) is 0 Å². The Kier molecular flexibility index (Phi) is 7.93. The molecule has 2 aliphatic heterocycles. The Labute approximate surface area is 234 Å². The molecule has 38 heavy (non-hydrogen) atoms. The molecule has 0 amide bonds. The fourth-order valence-corrected chi connectivity index (χ4v) is 9.25. The third kappa shape index (κ3) is 5.45. The zero-order valence-electron chi connectivity index (χ0n) is 25.3. The molecule has 2 fully saturated rings. The highest BCUT2D eigenvalue weighted by Gasteiger charge is 2.71. The predicted molar refractivity (Wildman–Crippen MR) is 164 cm³/mol. The summed E-state index contributed by atoms with van der Waals surface area (Å²) in [4.78, 5) is 0. The fourth-order valence-electron chi connectivity index (χ4n) is 6.83. The third-order valence-electron chi connectivity index (χ3n) is 9.47. The number of hydrogen-bond donors (Lipinski definition) is 0. The lowest BCUT2D eigenvalue weighted by molar-refractivity contribution is -0.253. The van der Waals surface area contributed by atoms with Crippen LogP contribution in [0.15, 0.2) is 55.1 Å². The van der Waals surface area contributed by atoms with Crippen LogP contribution in [0.2, 0.25) is 37.8 Å². The Hall–Kier alpha value is -1.43. The van der Waals surface area contributed by atoms with Crippen LogP contribution in [0.1, 0.15) is 58.9 Å². The summed E-state index contributed by atoms with van der Waals surface area (Å²) in [7, 11) is -3.98. The minimum absolute atomic E-state index is 0.101. The largest absolute Gasteiger partial charge is 0.414 e. The standard InChI is InChI=1S/C33H50O3Si2/c1-11-16-29-32(36-37(6,7)8,22-21-27-18-13-12-14-19-27)24-31(25-34-38(9,10)30(3,4)5)23-28-20-15-17-26(2)33(28,29)35-31/h11-15,18-20,26,28-29H,1,16-17,23-25H2,2-10H3/t26-,28-,29-,31+,32-,33-/m1/s1. The molecule has 0 saturated carbocycles. The van der Waals surface area contributed by atoms with Crippen LogP contribution in [0.5, 0.6) is 0 Å². The molecule has 3 aliphatic rings.